The van der Waals surface area contributed by atoms with E-state index in [1.807, 2.05) is 20.9 Å². The fourth-order valence-electron chi connectivity index (χ4n) is 2.57. The van der Waals surface area contributed by atoms with Crippen molar-refractivity contribution in [2.75, 3.05) is 27.2 Å². The Morgan fingerprint density at radius 1 is 1.21 bits per heavy atom. The van der Waals surface area contributed by atoms with Crippen molar-refractivity contribution in [1.82, 2.24) is 4.90 Å². The first-order valence-electron chi connectivity index (χ1n) is 6.78. The van der Waals surface area contributed by atoms with Gasteiger partial charge in [-0.1, -0.05) is 12.1 Å². The third kappa shape index (κ3) is 5.21. The highest BCUT2D eigenvalue weighted by Crippen LogP contribution is 2.24. The van der Waals surface area contributed by atoms with Crippen LogP contribution in [0, 0.1) is 13.8 Å². The van der Waals surface area contributed by atoms with Gasteiger partial charge in [0.2, 0.25) is 0 Å². The predicted octanol–water partition coefficient (Wildman–Crippen LogP) is 2.56. The predicted molar refractivity (Wildman–Crippen MR) is 80.0 cm³/mol. The van der Waals surface area contributed by atoms with Crippen LogP contribution in [0.15, 0.2) is 12.1 Å². The lowest BCUT2D eigenvalue weighted by Crippen LogP contribution is -2.37. The number of benzene rings is 1. The number of aliphatic hydroxyl groups is 1. The quantitative estimate of drug-likeness (QED) is 0.858. The second-order valence-electron chi connectivity index (χ2n) is 6.06. The summed E-state index contributed by atoms with van der Waals surface area (Å²) in [5.74, 6) is 0.980. The van der Waals surface area contributed by atoms with Crippen LogP contribution in [-0.2, 0) is 6.42 Å². The maximum absolute atomic E-state index is 9.78. The van der Waals surface area contributed by atoms with Gasteiger partial charge in [0.25, 0.3) is 0 Å². The van der Waals surface area contributed by atoms with Gasteiger partial charge in [-0.3, -0.25) is 0 Å². The Bertz CT molecular complexity index is 398. The van der Waals surface area contributed by atoms with Crippen molar-refractivity contribution in [3.63, 3.8) is 0 Å². The van der Waals surface area contributed by atoms with E-state index in [1.54, 1.807) is 7.11 Å². The molecule has 0 aliphatic carbocycles. The van der Waals surface area contributed by atoms with Crippen molar-refractivity contribution in [3.05, 3.63) is 28.8 Å². The summed E-state index contributed by atoms with van der Waals surface area (Å²) in [7, 11) is 3.76. The molecule has 3 heteroatoms. The second kappa shape index (κ2) is 6.40. The molecule has 0 fully saturated rings. The summed E-state index contributed by atoms with van der Waals surface area (Å²) in [6.07, 6.45) is 0.984. The van der Waals surface area contributed by atoms with Crippen molar-refractivity contribution in [1.29, 1.82) is 0 Å². The van der Waals surface area contributed by atoms with E-state index in [4.69, 9.17) is 4.74 Å². The molecule has 1 rings (SSSR count). The van der Waals surface area contributed by atoms with Crippen LogP contribution in [0.1, 0.15) is 30.5 Å². The molecule has 0 saturated heterocycles. The highest BCUT2D eigenvalue weighted by Gasteiger charge is 2.15. The number of methoxy groups -OCH3 is 1. The average Bonchev–Trinajstić information content (AvgIpc) is 2.23. The van der Waals surface area contributed by atoms with Crippen LogP contribution in [-0.4, -0.2) is 42.9 Å². The van der Waals surface area contributed by atoms with Gasteiger partial charge in [0.1, 0.15) is 5.75 Å². The molecular weight excluding hydrogens is 238 g/mol. The van der Waals surface area contributed by atoms with E-state index in [0.717, 1.165) is 18.7 Å². The molecule has 1 N–H and O–H groups in total. The molecule has 3 nitrogen and oxygen atoms in total. The molecule has 0 radical (unpaired) electrons. The van der Waals surface area contributed by atoms with E-state index in [2.05, 4.69) is 30.9 Å². The third-order valence-electron chi connectivity index (χ3n) is 3.16. The minimum Gasteiger partial charge on any atom is -0.496 e. The van der Waals surface area contributed by atoms with Crippen LogP contribution in [0.2, 0.25) is 0 Å². The molecule has 0 amide bonds. The number of ether oxygens (including phenoxy) is 1. The smallest absolute Gasteiger partial charge is 0.124 e. The zero-order valence-electron chi connectivity index (χ0n) is 13.1. The fraction of sp³-hybridized carbons (Fsp3) is 0.625. The van der Waals surface area contributed by atoms with E-state index in [1.165, 1.54) is 16.7 Å². The standard InChI is InChI=1S/C16H27NO2/c1-12-9-14(10-13(2)15(12)19-6)7-8-17(5)11-16(3,4)18/h9-10,18H,7-8,11H2,1-6H3. The summed E-state index contributed by atoms with van der Waals surface area (Å²) in [5.41, 5.74) is 3.05. The third-order valence-corrected chi connectivity index (χ3v) is 3.16. The molecular formula is C16H27NO2. The molecule has 0 heterocycles. The Kier molecular flexibility index (Phi) is 5.39. The Labute approximate surface area is 117 Å². The van der Waals surface area contributed by atoms with Gasteiger partial charge in [-0.2, -0.15) is 0 Å². The summed E-state index contributed by atoms with van der Waals surface area (Å²) in [6.45, 7) is 9.46. The zero-order chi connectivity index (χ0) is 14.6. The Hall–Kier alpha value is -1.06. The van der Waals surface area contributed by atoms with Crippen molar-refractivity contribution < 1.29 is 9.84 Å². The largest absolute Gasteiger partial charge is 0.496 e. The molecule has 0 aromatic heterocycles. The summed E-state index contributed by atoms with van der Waals surface area (Å²) < 4.78 is 5.38. The van der Waals surface area contributed by atoms with Gasteiger partial charge in [-0.25, -0.2) is 0 Å². The minimum atomic E-state index is -0.638. The van der Waals surface area contributed by atoms with Gasteiger partial charge >= 0.3 is 0 Å². The molecule has 0 bridgehead atoms. The summed E-state index contributed by atoms with van der Waals surface area (Å²) >= 11 is 0. The Balaban J connectivity index is 2.64. The Morgan fingerprint density at radius 3 is 2.16 bits per heavy atom. The van der Waals surface area contributed by atoms with Crippen molar-refractivity contribution in [2.24, 2.45) is 0 Å². The molecule has 0 spiro atoms. The highest BCUT2D eigenvalue weighted by molar-refractivity contribution is 5.43. The molecule has 0 unspecified atom stereocenters. The van der Waals surface area contributed by atoms with Gasteiger partial charge in [0.15, 0.2) is 0 Å². The van der Waals surface area contributed by atoms with E-state index in [-0.39, 0.29) is 0 Å². The summed E-state index contributed by atoms with van der Waals surface area (Å²) in [4.78, 5) is 2.16. The fourth-order valence-corrected chi connectivity index (χ4v) is 2.57. The van der Waals surface area contributed by atoms with Crippen LogP contribution < -0.4 is 4.74 Å². The first-order valence-corrected chi connectivity index (χ1v) is 6.78. The number of nitrogens with zero attached hydrogens (tertiary/aromatic N) is 1. The zero-order valence-corrected chi connectivity index (χ0v) is 13.1. The van der Waals surface area contributed by atoms with Gasteiger partial charge in [-0.05, 0) is 57.9 Å². The number of hydrogen-bond acceptors (Lipinski definition) is 3. The maximum atomic E-state index is 9.78. The Morgan fingerprint density at radius 2 is 1.74 bits per heavy atom. The van der Waals surface area contributed by atoms with Crippen LogP contribution in [0.4, 0.5) is 0 Å². The van der Waals surface area contributed by atoms with Gasteiger partial charge in [0, 0.05) is 13.1 Å². The van der Waals surface area contributed by atoms with Gasteiger partial charge in [0.05, 0.1) is 12.7 Å². The van der Waals surface area contributed by atoms with E-state index < -0.39 is 5.60 Å². The molecule has 0 atom stereocenters. The summed E-state index contributed by atoms with van der Waals surface area (Å²) in [5, 5.41) is 9.78. The second-order valence-corrected chi connectivity index (χ2v) is 6.06. The van der Waals surface area contributed by atoms with Crippen LogP contribution in [0.3, 0.4) is 0 Å². The van der Waals surface area contributed by atoms with Crippen LogP contribution in [0.5, 0.6) is 5.75 Å². The molecule has 108 valence electrons. The van der Waals surface area contributed by atoms with Crippen LogP contribution in [0.25, 0.3) is 0 Å². The minimum absolute atomic E-state index is 0.638. The lowest BCUT2D eigenvalue weighted by molar-refractivity contribution is 0.0450. The molecule has 1 aromatic rings. The molecule has 1 aromatic carbocycles. The van der Waals surface area contributed by atoms with Crippen molar-refractivity contribution >= 4 is 0 Å². The van der Waals surface area contributed by atoms with E-state index in [0.29, 0.717) is 6.54 Å². The van der Waals surface area contributed by atoms with E-state index >= 15 is 0 Å². The van der Waals surface area contributed by atoms with Crippen molar-refractivity contribution in [3.8, 4) is 5.75 Å². The maximum Gasteiger partial charge on any atom is 0.124 e. The SMILES string of the molecule is COc1c(C)cc(CCN(C)CC(C)(C)O)cc1C. The van der Waals surface area contributed by atoms with Gasteiger partial charge in [-0.15, -0.1) is 0 Å². The van der Waals surface area contributed by atoms with Crippen molar-refractivity contribution in [2.45, 2.75) is 39.7 Å². The topological polar surface area (TPSA) is 32.7 Å². The number of likely N-dealkylation sites (N-methyl/N-ethyl adjacent to an activating group) is 1. The van der Waals surface area contributed by atoms with E-state index in [9.17, 15) is 5.11 Å². The molecule has 0 aliphatic rings. The first-order chi connectivity index (χ1) is 8.73. The highest BCUT2D eigenvalue weighted by atomic mass is 16.5. The van der Waals surface area contributed by atoms with Crippen LogP contribution >= 0.6 is 0 Å². The lowest BCUT2D eigenvalue weighted by atomic mass is 10.0. The normalized spacial score (nSPS) is 12.0. The first kappa shape index (κ1) is 16.0. The molecule has 0 aliphatic heterocycles. The lowest BCUT2D eigenvalue weighted by Gasteiger charge is -2.25. The van der Waals surface area contributed by atoms with Gasteiger partial charge < -0.3 is 14.7 Å². The number of hydrogen-bond donors (Lipinski definition) is 1. The average molecular weight is 265 g/mol. The number of aryl methyl sites for hydroxylation is 2. The monoisotopic (exact) mass is 265 g/mol. The molecule has 19 heavy (non-hydrogen) atoms. The number of rotatable bonds is 6. The molecule has 0 saturated carbocycles. The summed E-state index contributed by atoms with van der Waals surface area (Å²) in [6, 6.07) is 4.37.